The van der Waals surface area contributed by atoms with Gasteiger partial charge in [-0.05, 0) is 43.5 Å². The maximum atomic E-state index is 13.0. The minimum absolute atomic E-state index is 0.334. The summed E-state index contributed by atoms with van der Waals surface area (Å²) in [6.07, 6.45) is 2.08. The third kappa shape index (κ3) is 4.73. The van der Waals surface area contributed by atoms with Gasteiger partial charge in [0, 0.05) is 29.4 Å². The molecule has 0 radical (unpaired) electrons. The van der Waals surface area contributed by atoms with Gasteiger partial charge in [0.05, 0.1) is 15.8 Å². The van der Waals surface area contributed by atoms with E-state index in [9.17, 15) is 8.42 Å². The van der Waals surface area contributed by atoms with E-state index >= 15 is 0 Å². The fourth-order valence-corrected chi connectivity index (χ4v) is 6.95. The van der Waals surface area contributed by atoms with Gasteiger partial charge in [-0.15, -0.1) is 11.3 Å². The molecule has 152 valence electrons. The second-order valence-corrected chi connectivity index (χ2v) is 11.5. The van der Waals surface area contributed by atoms with Crippen LogP contribution in [0, 0.1) is 6.92 Å². The van der Waals surface area contributed by atoms with Crippen molar-refractivity contribution in [1.82, 2.24) is 4.98 Å². The summed E-state index contributed by atoms with van der Waals surface area (Å²) in [6, 6.07) is 15.5. The lowest BCUT2D eigenvalue weighted by Crippen LogP contribution is -2.39. The first kappa shape index (κ1) is 20.6. The summed E-state index contributed by atoms with van der Waals surface area (Å²) in [4.78, 5) is 7.43. The molecule has 1 aromatic heterocycles. The van der Waals surface area contributed by atoms with Crippen LogP contribution in [0.25, 0.3) is 0 Å². The number of halogens is 1. The Morgan fingerprint density at radius 1 is 1.14 bits per heavy atom. The smallest absolute Gasteiger partial charge is 0.185 e. The van der Waals surface area contributed by atoms with Gasteiger partial charge >= 0.3 is 0 Å². The van der Waals surface area contributed by atoms with E-state index in [4.69, 9.17) is 4.98 Å². The zero-order valence-electron chi connectivity index (χ0n) is 16.2. The minimum Gasteiger partial charge on any atom is -0.348 e. The van der Waals surface area contributed by atoms with E-state index in [1.807, 2.05) is 6.07 Å². The van der Waals surface area contributed by atoms with E-state index < -0.39 is 9.84 Å². The zero-order valence-corrected chi connectivity index (χ0v) is 19.4. The van der Waals surface area contributed by atoms with Gasteiger partial charge in [0.25, 0.3) is 0 Å². The number of aromatic nitrogens is 1. The molecule has 0 atom stereocenters. The maximum Gasteiger partial charge on any atom is 0.185 e. The molecule has 0 bridgehead atoms. The van der Waals surface area contributed by atoms with Gasteiger partial charge < -0.3 is 4.90 Å². The van der Waals surface area contributed by atoms with Crippen molar-refractivity contribution in [3.05, 3.63) is 75.2 Å². The minimum atomic E-state index is -3.30. The number of thiazole rings is 1. The number of hydrogen-bond donors (Lipinski definition) is 0. The number of hydrogen-bond acceptors (Lipinski definition) is 5. The Balaban J connectivity index is 1.40. The van der Waals surface area contributed by atoms with Crippen LogP contribution >= 0.6 is 27.3 Å². The van der Waals surface area contributed by atoms with Gasteiger partial charge in [0.1, 0.15) is 0 Å². The summed E-state index contributed by atoms with van der Waals surface area (Å²) in [5.41, 5.74) is 3.59. The van der Waals surface area contributed by atoms with E-state index in [0.717, 1.165) is 34.8 Å². The molecule has 7 heteroatoms. The standard InChI is InChI=1S/C22H23BrN2O2S2/c1-16-4-2-5-17(12-16)13-19-15-28-22(24-19)25-10-8-20(9-11-25)29(26,27)21-7-3-6-18(23)14-21/h2-7,12,14-15,20H,8-11,13H2,1H3. The van der Waals surface area contributed by atoms with Crippen molar-refractivity contribution in [1.29, 1.82) is 0 Å². The first-order valence-electron chi connectivity index (χ1n) is 9.66. The Hall–Kier alpha value is -1.70. The fraction of sp³-hybridized carbons (Fsp3) is 0.318. The Kier molecular flexibility index (Phi) is 6.08. The van der Waals surface area contributed by atoms with Crippen LogP contribution in [0.1, 0.15) is 29.7 Å². The first-order valence-corrected chi connectivity index (χ1v) is 12.9. The van der Waals surface area contributed by atoms with Crippen molar-refractivity contribution < 1.29 is 8.42 Å². The molecule has 2 aromatic carbocycles. The van der Waals surface area contributed by atoms with E-state index in [0.29, 0.717) is 17.7 Å². The molecule has 0 aliphatic carbocycles. The van der Waals surface area contributed by atoms with Crippen LogP contribution in [0.4, 0.5) is 5.13 Å². The lowest BCUT2D eigenvalue weighted by molar-refractivity contribution is 0.529. The number of rotatable bonds is 5. The molecule has 4 rings (SSSR count). The molecule has 1 fully saturated rings. The van der Waals surface area contributed by atoms with Crippen LogP contribution in [0.15, 0.2) is 63.3 Å². The van der Waals surface area contributed by atoms with Gasteiger partial charge in [0.15, 0.2) is 15.0 Å². The summed E-state index contributed by atoms with van der Waals surface area (Å²) in [7, 11) is -3.30. The van der Waals surface area contributed by atoms with Gasteiger partial charge in [-0.3, -0.25) is 0 Å². The lowest BCUT2D eigenvalue weighted by atomic mass is 10.1. The normalized spacial score (nSPS) is 15.6. The average molecular weight is 491 g/mol. The number of anilines is 1. The molecule has 4 nitrogen and oxygen atoms in total. The molecule has 0 spiro atoms. The fourth-order valence-electron chi connectivity index (χ4n) is 3.75. The Labute approximate surface area is 184 Å². The summed E-state index contributed by atoms with van der Waals surface area (Å²) >= 11 is 5.01. The monoisotopic (exact) mass is 490 g/mol. The van der Waals surface area contributed by atoms with E-state index in [-0.39, 0.29) is 5.25 Å². The van der Waals surface area contributed by atoms with Crippen molar-refractivity contribution in [3.8, 4) is 0 Å². The second kappa shape index (κ2) is 8.58. The molecule has 1 aliphatic heterocycles. The Morgan fingerprint density at radius 3 is 2.62 bits per heavy atom. The summed E-state index contributed by atoms with van der Waals surface area (Å²) in [6.45, 7) is 3.53. The lowest BCUT2D eigenvalue weighted by Gasteiger charge is -2.31. The highest BCUT2D eigenvalue weighted by atomic mass is 79.9. The first-order chi connectivity index (χ1) is 13.9. The van der Waals surface area contributed by atoms with Crippen molar-refractivity contribution in [3.63, 3.8) is 0 Å². The molecular formula is C22H23BrN2O2S2. The summed E-state index contributed by atoms with van der Waals surface area (Å²) in [5.74, 6) is 0. The number of nitrogens with zero attached hydrogens (tertiary/aromatic N) is 2. The number of piperidine rings is 1. The van der Waals surface area contributed by atoms with E-state index in [2.05, 4.69) is 57.4 Å². The Bertz CT molecular complexity index is 1100. The largest absolute Gasteiger partial charge is 0.348 e. The second-order valence-electron chi connectivity index (χ2n) is 7.48. The van der Waals surface area contributed by atoms with Crippen LogP contribution in [0.2, 0.25) is 0 Å². The zero-order chi connectivity index (χ0) is 20.4. The SMILES string of the molecule is Cc1cccc(Cc2csc(N3CCC(S(=O)(=O)c4cccc(Br)c4)CC3)n2)c1. The van der Waals surface area contributed by atoms with Crippen LogP contribution in [0.5, 0.6) is 0 Å². The highest BCUT2D eigenvalue weighted by Gasteiger charge is 2.32. The van der Waals surface area contributed by atoms with Crippen LogP contribution in [-0.4, -0.2) is 31.7 Å². The molecule has 0 amide bonds. The highest BCUT2D eigenvalue weighted by Crippen LogP contribution is 2.30. The molecule has 2 heterocycles. The van der Waals surface area contributed by atoms with Crippen LogP contribution in [-0.2, 0) is 16.3 Å². The maximum absolute atomic E-state index is 13.0. The van der Waals surface area contributed by atoms with Crippen molar-refractivity contribution >= 4 is 42.2 Å². The molecule has 0 N–H and O–H groups in total. The summed E-state index contributed by atoms with van der Waals surface area (Å²) < 4.78 is 26.7. The molecule has 1 aliphatic rings. The van der Waals surface area contributed by atoms with Crippen molar-refractivity contribution in [2.75, 3.05) is 18.0 Å². The molecule has 1 saturated heterocycles. The van der Waals surface area contributed by atoms with Gasteiger partial charge in [-0.2, -0.15) is 0 Å². The topological polar surface area (TPSA) is 50.3 Å². The van der Waals surface area contributed by atoms with Gasteiger partial charge in [-0.1, -0.05) is 51.8 Å². The van der Waals surface area contributed by atoms with Crippen LogP contribution < -0.4 is 4.90 Å². The van der Waals surface area contributed by atoms with E-state index in [1.165, 1.54) is 11.1 Å². The number of aryl methyl sites for hydroxylation is 1. The predicted octanol–water partition coefficient (Wildman–Crippen LogP) is 5.25. The third-order valence-electron chi connectivity index (χ3n) is 5.28. The van der Waals surface area contributed by atoms with E-state index in [1.54, 1.807) is 29.5 Å². The van der Waals surface area contributed by atoms with Gasteiger partial charge in [0.2, 0.25) is 0 Å². The predicted molar refractivity (Wildman–Crippen MR) is 123 cm³/mol. The third-order valence-corrected chi connectivity index (χ3v) is 8.99. The van der Waals surface area contributed by atoms with Gasteiger partial charge in [-0.25, -0.2) is 13.4 Å². The average Bonchev–Trinajstić information content (AvgIpc) is 3.16. The number of sulfone groups is 1. The van der Waals surface area contributed by atoms with Crippen molar-refractivity contribution in [2.24, 2.45) is 0 Å². The van der Waals surface area contributed by atoms with Crippen molar-refractivity contribution in [2.45, 2.75) is 36.3 Å². The molecular weight excluding hydrogens is 468 g/mol. The summed E-state index contributed by atoms with van der Waals surface area (Å²) in [5, 5.41) is 2.77. The molecule has 29 heavy (non-hydrogen) atoms. The number of benzene rings is 2. The molecule has 0 saturated carbocycles. The Morgan fingerprint density at radius 2 is 1.90 bits per heavy atom. The van der Waals surface area contributed by atoms with Crippen LogP contribution in [0.3, 0.4) is 0 Å². The molecule has 3 aromatic rings. The highest BCUT2D eigenvalue weighted by molar-refractivity contribution is 9.10. The molecule has 0 unspecified atom stereocenters. The quantitative estimate of drug-likeness (QED) is 0.490.